The predicted octanol–water partition coefficient (Wildman–Crippen LogP) is 8.32. The van der Waals surface area contributed by atoms with Gasteiger partial charge < -0.3 is 0 Å². The van der Waals surface area contributed by atoms with Gasteiger partial charge >= 0.3 is 0 Å². The Morgan fingerprint density at radius 2 is 1.57 bits per heavy atom. The second kappa shape index (κ2) is 9.19. The SMILES string of the molecule is C=C/C(=C\C=C(C)C)c1ccc(-c2ccc(C3CCC(C)CC3)cc2)cc1F. The van der Waals surface area contributed by atoms with E-state index in [4.69, 9.17) is 0 Å². The van der Waals surface area contributed by atoms with Crippen molar-refractivity contribution in [1.29, 1.82) is 0 Å². The van der Waals surface area contributed by atoms with Crippen molar-refractivity contribution < 1.29 is 4.39 Å². The Balaban J connectivity index is 1.81. The van der Waals surface area contributed by atoms with Crippen LogP contribution in [-0.2, 0) is 0 Å². The van der Waals surface area contributed by atoms with Crippen molar-refractivity contribution in [3.63, 3.8) is 0 Å². The van der Waals surface area contributed by atoms with Gasteiger partial charge in [-0.05, 0) is 66.9 Å². The first kappa shape index (κ1) is 20.3. The Bertz CT molecular complexity index is 871. The standard InChI is InChI=1S/C27H31F/c1-5-21(9-6-19(2)3)26-17-16-25(18-27(26)28)24-14-12-23(13-15-24)22-10-7-20(4)8-11-22/h5-6,9,12-18,20,22H,1,7-8,10-11H2,2-4H3/b21-9+. The molecule has 0 saturated heterocycles. The summed E-state index contributed by atoms with van der Waals surface area (Å²) in [5.41, 5.74) is 5.95. The van der Waals surface area contributed by atoms with E-state index in [1.807, 2.05) is 38.1 Å². The minimum atomic E-state index is -0.212. The zero-order chi connectivity index (χ0) is 20.1. The van der Waals surface area contributed by atoms with E-state index < -0.39 is 0 Å². The first-order valence-corrected chi connectivity index (χ1v) is 10.4. The molecule has 2 aromatic carbocycles. The minimum absolute atomic E-state index is 0.212. The van der Waals surface area contributed by atoms with Gasteiger partial charge in [-0.25, -0.2) is 4.39 Å². The topological polar surface area (TPSA) is 0 Å². The molecule has 0 bridgehead atoms. The molecule has 1 aliphatic carbocycles. The van der Waals surface area contributed by atoms with Gasteiger partial charge in [0.15, 0.2) is 0 Å². The average molecular weight is 375 g/mol. The summed E-state index contributed by atoms with van der Waals surface area (Å²) in [6, 6.07) is 14.2. The first-order valence-electron chi connectivity index (χ1n) is 10.4. The molecular weight excluding hydrogens is 343 g/mol. The molecule has 28 heavy (non-hydrogen) atoms. The summed E-state index contributed by atoms with van der Waals surface area (Å²) in [6.45, 7) is 10.2. The summed E-state index contributed by atoms with van der Waals surface area (Å²) in [6.07, 6.45) is 10.8. The van der Waals surface area contributed by atoms with Gasteiger partial charge in [0.05, 0.1) is 0 Å². The quantitative estimate of drug-likeness (QED) is 0.461. The van der Waals surface area contributed by atoms with E-state index in [1.54, 1.807) is 12.1 Å². The Kier molecular flexibility index (Phi) is 6.67. The van der Waals surface area contributed by atoms with Gasteiger partial charge in [0.25, 0.3) is 0 Å². The highest BCUT2D eigenvalue weighted by Crippen LogP contribution is 2.36. The summed E-state index contributed by atoms with van der Waals surface area (Å²) >= 11 is 0. The lowest BCUT2D eigenvalue weighted by Crippen LogP contribution is -2.10. The maximum absolute atomic E-state index is 14.8. The highest BCUT2D eigenvalue weighted by Gasteiger charge is 2.19. The Hall–Kier alpha value is -2.41. The van der Waals surface area contributed by atoms with E-state index in [2.05, 4.69) is 37.8 Å². The van der Waals surface area contributed by atoms with Gasteiger partial charge in [-0.1, -0.05) is 86.5 Å². The number of benzene rings is 2. The average Bonchev–Trinajstić information content (AvgIpc) is 2.70. The van der Waals surface area contributed by atoms with Crippen LogP contribution in [-0.4, -0.2) is 0 Å². The fourth-order valence-corrected chi connectivity index (χ4v) is 3.99. The van der Waals surface area contributed by atoms with Crippen molar-refractivity contribution in [2.75, 3.05) is 0 Å². The summed E-state index contributed by atoms with van der Waals surface area (Å²) in [7, 11) is 0. The Morgan fingerprint density at radius 1 is 0.929 bits per heavy atom. The normalized spacial score (nSPS) is 19.9. The van der Waals surface area contributed by atoms with Gasteiger partial charge in [-0.3, -0.25) is 0 Å². The van der Waals surface area contributed by atoms with Crippen LogP contribution in [0.3, 0.4) is 0 Å². The van der Waals surface area contributed by atoms with Crippen LogP contribution in [0.15, 0.2) is 72.8 Å². The van der Waals surface area contributed by atoms with Crippen LogP contribution >= 0.6 is 0 Å². The molecular formula is C27H31F. The number of hydrogen-bond donors (Lipinski definition) is 0. The van der Waals surface area contributed by atoms with Gasteiger partial charge in [-0.2, -0.15) is 0 Å². The maximum atomic E-state index is 14.8. The molecule has 1 fully saturated rings. The minimum Gasteiger partial charge on any atom is -0.206 e. The molecule has 0 aliphatic heterocycles. The van der Waals surface area contributed by atoms with E-state index in [1.165, 1.54) is 36.8 Å². The van der Waals surface area contributed by atoms with Crippen molar-refractivity contribution in [2.24, 2.45) is 5.92 Å². The summed E-state index contributed by atoms with van der Waals surface area (Å²) in [5.74, 6) is 1.33. The third kappa shape index (κ3) is 4.90. The van der Waals surface area contributed by atoms with Gasteiger partial charge in [0.2, 0.25) is 0 Å². The van der Waals surface area contributed by atoms with Crippen molar-refractivity contribution in [3.05, 3.63) is 89.8 Å². The van der Waals surface area contributed by atoms with Gasteiger partial charge in [0.1, 0.15) is 5.82 Å². The monoisotopic (exact) mass is 374 g/mol. The Labute approximate surface area is 169 Å². The third-order valence-electron chi connectivity index (χ3n) is 5.83. The number of hydrogen-bond acceptors (Lipinski definition) is 0. The fourth-order valence-electron chi connectivity index (χ4n) is 3.99. The Morgan fingerprint density at radius 3 is 2.14 bits per heavy atom. The van der Waals surface area contributed by atoms with Crippen LogP contribution in [0.4, 0.5) is 4.39 Å². The highest BCUT2D eigenvalue weighted by atomic mass is 19.1. The lowest BCUT2D eigenvalue weighted by atomic mass is 9.79. The van der Waals surface area contributed by atoms with E-state index in [9.17, 15) is 4.39 Å². The van der Waals surface area contributed by atoms with E-state index in [0.29, 0.717) is 11.5 Å². The summed E-state index contributed by atoms with van der Waals surface area (Å²) in [5, 5.41) is 0. The largest absolute Gasteiger partial charge is 0.206 e. The first-order chi connectivity index (χ1) is 13.5. The van der Waals surface area contributed by atoms with Crippen molar-refractivity contribution >= 4 is 5.57 Å². The highest BCUT2D eigenvalue weighted by molar-refractivity contribution is 5.77. The molecule has 0 amide bonds. The molecule has 2 aromatic rings. The van der Waals surface area contributed by atoms with E-state index in [-0.39, 0.29) is 5.82 Å². The van der Waals surface area contributed by atoms with Crippen LogP contribution in [0.2, 0.25) is 0 Å². The number of halogens is 1. The second-order valence-electron chi connectivity index (χ2n) is 8.34. The summed E-state index contributed by atoms with van der Waals surface area (Å²) < 4.78 is 14.8. The third-order valence-corrected chi connectivity index (χ3v) is 5.83. The van der Waals surface area contributed by atoms with E-state index in [0.717, 1.165) is 22.6 Å². The zero-order valence-electron chi connectivity index (χ0n) is 17.3. The molecule has 0 aromatic heterocycles. The molecule has 0 N–H and O–H groups in total. The molecule has 1 saturated carbocycles. The van der Waals surface area contributed by atoms with Crippen LogP contribution < -0.4 is 0 Å². The molecule has 0 atom stereocenters. The van der Waals surface area contributed by atoms with Crippen LogP contribution in [0.5, 0.6) is 0 Å². The van der Waals surface area contributed by atoms with Gasteiger partial charge in [-0.15, -0.1) is 0 Å². The molecule has 3 rings (SSSR count). The zero-order valence-corrected chi connectivity index (χ0v) is 17.3. The van der Waals surface area contributed by atoms with Crippen molar-refractivity contribution in [1.82, 2.24) is 0 Å². The number of rotatable bonds is 5. The molecule has 0 unspecified atom stereocenters. The maximum Gasteiger partial charge on any atom is 0.131 e. The van der Waals surface area contributed by atoms with Crippen molar-refractivity contribution in [2.45, 2.75) is 52.4 Å². The lowest BCUT2D eigenvalue weighted by molar-refractivity contribution is 0.348. The molecule has 0 heterocycles. The second-order valence-corrected chi connectivity index (χ2v) is 8.34. The predicted molar refractivity (Wildman–Crippen MR) is 120 cm³/mol. The van der Waals surface area contributed by atoms with Gasteiger partial charge in [0, 0.05) is 5.56 Å². The van der Waals surface area contributed by atoms with Crippen LogP contribution in [0.1, 0.15) is 63.5 Å². The van der Waals surface area contributed by atoms with Crippen LogP contribution in [0, 0.1) is 11.7 Å². The lowest BCUT2D eigenvalue weighted by Gasteiger charge is -2.26. The number of allylic oxidation sites excluding steroid dienone is 5. The van der Waals surface area contributed by atoms with Crippen LogP contribution in [0.25, 0.3) is 16.7 Å². The molecule has 1 aliphatic rings. The summed E-state index contributed by atoms with van der Waals surface area (Å²) in [4.78, 5) is 0. The molecule has 1 heteroatoms. The van der Waals surface area contributed by atoms with Crippen molar-refractivity contribution in [3.8, 4) is 11.1 Å². The molecule has 146 valence electrons. The molecule has 0 spiro atoms. The molecule has 0 nitrogen and oxygen atoms in total. The fraction of sp³-hybridized carbons (Fsp3) is 0.333. The van der Waals surface area contributed by atoms with E-state index >= 15 is 0 Å². The smallest absolute Gasteiger partial charge is 0.131 e. The molecule has 0 radical (unpaired) electrons.